The zero-order valence-electron chi connectivity index (χ0n) is 19.1. The van der Waals surface area contributed by atoms with Crippen LogP contribution in [0.5, 0.6) is 0 Å². The average Bonchev–Trinajstić information content (AvgIpc) is 2.82. The van der Waals surface area contributed by atoms with Crippen LogP contribution in [0.1, 0.15) is 30.0 Å². The first kappa shape index (κ1) is 24.8. The minimum Gasteiger partial charge on any atom is -0.312 e. The van der Waals surface area contributed by atoms with Gasteiger partial charge >= 0.3 is 0 Å². The van der Waals surface area contributed by atoms with Gasteiger partial charge in [0.15, 0.2) is 5.69 Å². The molecule has 0 spiro atoms. The number of nitrogens with two attached hydrogens (primary N) is 1. The number of amides is 2. The van der Waals surface area contributed by atoms with E-state index in [0.717, 1.165) is 0 Å². The molecule has 0 fully saturated rings. The molecule has 0 radical (unpaired) electrons. The molecule has 11 nitrogen and oxygen atoms in total. The molecule has 2 amide bonds. The van der Waals surface area contributed by atoms with Gasteiger partial charge in [0, 0.05) is 11.8 Å². The maximum atomic E-state index is 12.7. The van der Waals surface area contributed by atoms with Crippen molar-refractivity contribution in [1.82, 2.24) is 25.3 Å². The highest BCUT2D eigenvalue weighted by molar-refractivity contribution is 6.30. The van der Waals surface area contributed by atoms with Gasteiger partial charge in [-0.3, -0.25) is 9.59 Å². The number of aromatic nitrogens is 4. The number of carbonyl (C=O) groups excluding carboxylic acids is 2. The Morgan fingerprint density at radius 3 is 2.41 bits per heavy atom. The molecule has 0 aromatic carbocycles. The van der Waals surface area contributed by atoms with Gasteiger partial charge in [-0.2, -0.15) is 0 Å². The Labute approximate surface area is 201 Å². The van der Waals surface area contributed by atoms with Gasteiger partial charge in [-0.1, -0.05) is 11.6 Å². The first-order valence-corrected chi connectivity index (χ1v) is 10.7. The van der Waals surface area contributed by atoms with Gasteiger partial charge < -0.3 is 26.7 Å². The summed E-state index contributed by atoms with van der Waals surface area (Å²) in [6, 6.07) is 5.86. The summed E-state index contributed by atoms with van der Waals surface area (Å²) >= 11 is 5.85. The van der Waals surface area contributed by atoms with Crippen LogP contribution in [0, 0.1) is 5.41 Å². The molecular formula is C22H25ClN9O2+. The Kier molecular flexibility index (Phi) is 7.95. The number of quaternary nitrogens is 1. The summed E-state index contributed by atoms with van der Waals surface area (Å²) in [6.45, 7) is 3.35. The molecule has 6 N–H and O–H groups in total. The van der Waals surface area contributed by atoms with Crippen LogP contribution in [0.2, 0.25) is 5.02 Å². The average molecular weight is 483 g/mol. The minimum absolute atomic E-state index is 0.150. The fourth-order valence-corrected chi connectivity index (χ4v) is 3.16. The molecule has 1 unspecified atom stereocenters. The molecule has 0 saturated heterocycles. The lowest BCUT2D eigenvalue weighted by Gasteiger charge is -2.14. The Bertz CT molecular complexity index is 1230. The summed E-state index contributed by atoms with van der Waals surface area (Å²) in [5.41, 5.74) is 2.66. The largest absolute Gasteiger partial charge is 0.312 e. The van der Waals surface area contributed by atoms with E-state index in [9.17, 15) is 9.59 Å². The highest BCUT2D eigenvalue weighted by Crippen LogP contribution is 2.29. The maximum Gasteiger partial charge on any atom is 0.275 e. The van der Waals surface area contributed by atoms with Crippen molar-refractivity contribution in [2.75, 3.05) is 24.7 Å². The second-order valence-electron chi connectivity index (χ2n) is 7.34. The van der Waals surface area contributed by atoms with E-state index >= 15 is 0 Å². The summed E-state index contributed by atoms with van der Waals surface area (Å²) in [5.74, 6) is -0.397. The lowest BCUT2D eigenvalue weighted by Crippen LogP contribution is -2.73. The van der Waals surface area contributed by atoms with E-state index in [1.807, 2.05) is 7.05 Å². The summed E-state index contributed by atoms with van der Waals surface area (Å²) < 4.78 is 0. The fraction of sp³-hybridized carbons (Fsp3) is 0.227. The summed E-state index contributed by atoms with van der Waals surface area (Å²) in [4.78, 5) is 42.2. The van der Waals surface area contributed by atoms with E-state index < -0.39 is 11.9 Å². The molecule has 12 heteroatoms. The molecule has 34 heavy (non-hydrogen) atoms. The number of carbonyl (C=O) groups is 2. The molecule has 1 atom stereocenters. The molecule has 3 heterocycles. The highest BCUT2D eigenvalue weighted by Gasteiger charge is 2.20. The molecule has 0 aliphatic heterocycles. The van der Waals surface area contributed by atoms with Gasteiger partial charge in [-0.25, -0.2) is 19.9 Å². The van der Waals surface area contributed by atoms with E-state index in [2.05, 4.69) is 35.9 Å². The standard InChI is InChI=1S/C22H24ClN9O2/c1-11(24)18-20(26-4)19(29-10-28-18)13-7-16(31-21(33)12(2)25-3)30-17(8-13)32-22(34)15-6-5-14(23)9-27-15/h5-10,12,24-26H,1-4H3,(H2,30,31,32,33,34)/p+1. The zero-order chi connectivity index (χ0) is 24.8. The number of hydrogen-bond donors (Lipinski definition) is 5. The van der Waals surface area contributed by atoms with E-state index in [4.69, 9.17) is 17.0 Å². The van der Waals surface area contributed by atoms with Crippen LogP contribution in [0.3, 0.4) is 0 Å². The third-order valence-corrected chi connectivity index (χ3v) is 5.13. The smallest absolute Gasteiger partial charge is 0.275 e. The number of likely N-dealkylation sites (N-methyl/N-ethyl adjacent to an activating group) is 1. The van der Waals surface area contributed by atoms with E-state index in [1.54, 1.807) is 44.4 Å². The second kappa shape index (κ2) is 10.9. The number of rotatable bonds is 8. The predicted octanol–water partition coefficient (Wildman–Crippen LogP) is 1.60. The molecule has 0 aliphatic carbocycles. The van der Waals surface area contributed by atoms with Gasteiger partial charge in [0.1, 0.15) is 35.0 Å². The molecule has 176 valence electrons. The molecule has 3 rings (SSSR count). The predicted molar refractivity (Wildman–Crippen MR) is 130 cm³/mol. The highest BCUT2D eigenvalue weighted by atomic mass is 35.5. The molecule has 0 saturated carbocycles. The van der Waals surface area contributed by atoms with Crippen LogP contribution >= 0.6 is 11.6 Å². The van der Waals surface area contributed by atoms with E-state index in [1.165, 1.54) is 18.6 Å². The minimum atomic E-state index is -0.497. The van der Waals surface area contributed by atoms with Crippen molar-refractivity contribution in [3.8, 4) is 11.3 Å². The quantitative estimate of drug-likeness (QED) is 0.304. The first-order valence-electron chi connectivity index (χ1n) is 10.4. The summed E-state index contributed by atoms with van der Waals surface area (Å²) in [7, 11) is 3.49. The molecule has 0 bridgehead atoms. The van der Waals surface area contributed by atoms with E-state index in [0.29, 0.717) is 27.7 Å². The third-order valence-electron chi connectivity index (χ3n) is 4.91. The Morgan fingerprint density at radius 2 is 1.82 bits per heavy atom. The van der Waals surface area contributed by atoms with Crippen LogP contribution < -0.4 is 21.3 Å². The number of anilines is 2. The van der Waals surface area contributed by atoms with Gasteiger partial charge in [0.2, 0.25) is 5.91 Å². The first-order chi connectivity index (χ1) is 16.2. The van der Waals surface area contributed by atoms with Crippen molar-refractivity contribution >= 4 is 46.5 Å². The van der Waals surface area contributed by atoms with Crippen molar-refractivity contribution < 1.29 is 14.9 Å². The van der Waals surface area contributed by atoms with Crippen LogP contribution in [-0.2, 0) is 4.79 Å². The van der Waals surface area contributed by atoms with Crippen LogP contribution in [0.15, 0.2) is 36.8 Å². The van der Waals surface area contributed by atoms with Gasteiger partial charge in [0.25, 0.3) is 5.91 Å². The van der Waals surface area contributed by atoms with Crippen molar-refractivity contribution in [2.24, 2.45) is 0 Å². The van der Waals surface area contributed by atoms with E-state index in [-0.39, 0.29) is 28.9 Å². The maximum absolute atomic E-state index is 12.7. The number of nitrogens with zero attached hydrogens (tertiary/aromatic N) is 4. The van der Waals surface area contributed by atoms with Gasteiger partial charge in [0.05, 0.1) is 23.8 Å². The number of nitrogens with one attached hydrogen (secondary N) is 4. The number of hydrogen-bond acceptors (Lipinski definition) is 8. The van der Waals surface area contributed by atoms with Gasteiger partial charge in [-0.05, 0) is 45.2 Å². The fourth-order valence-electron chi connectivity index (χ4n) is 3.05. The van der Waals surface area contributed by atoms with Crippen LogP contribution in [0.4, 0.5) is 17.3 Å². The molecular weight excluding hydrogens is 458 g/mol. The summed E-state index contributed by atoms with van der Waals surface area (Å²) in [6.07, 6.45) is 2.74. The molecule has 0 aliphatic rings. The Balaban J connectivity index is 2.07. The zero-order valence-corrected chi connectivity index (χ0v) is 19.9. The topological polar surface area (TPSA) is 162 Å². The monoisotopic (exact) mass is 482 g/mol. The molecule has 3 aromatic rings. The third kappa shape index (κ3) is 5.76. The van der Waals surface area contributed by atoms with Crippen molar-refractivity contribution in [1.29, 1.82) is 5.41 Å². The van der Waals surface area contributed by atoms with Crippen molar-refractivity contribution in [2.45, 2.75) is 19.9 Å². The SMILES string of the molecule is CNC(C)C(=O)Nc1cc(-c2ncnc(C(C)=N)c2[NH2+]C)cc(NC(=O)c2ccc(Cl)cn2)n1. The van der Waals surface area contributed by atoms with Crippen LogP contribution in [0.25, 0.3) is 11.3 Å². The lowest BCUT2D eigenvalue weighted by molar-refractivity contribution is -0.539. The van der Waals surface area contributed by atoms with Crippen molar-refractivity contribution in [3.63, 3.8) is 0 Å². The Morgan fingerprint density at radius 1 is 1.12 bits per heavy atom. The number of halogens is 1. The molecule has 3 aromatic heterocycles. The summed E-state index contributed by atoms with van der Waals surface area (Å²) in [5, 5.41) is 18.6. The Hall–Kier alpha value is -3.80. The lowest BCUT2D eigenvalue weighted by atomic mass is 10.1. The second-order valence-corrected chi connectivity index (χ2v) is 7.78. The van der Waals surface area contributed by atoms with Crippen molar-refractivity contribution in [3.05, 3.63) is 53.2 Å². The normalized spacial score (nSPS) is 11.6. The number of pyridine rings is 2. The van der Waals surface area contributed by atoms with Gasteiger partial charge in [-0.15, -0.1) is 0 Å². The van der Waals surface area contributed by atoms with Crippen LogP contribution in [-0.4, -0.2) is 57.6 Å².